The number of benzene rings is 1. The molecule has 5 N–H and O–H groups in total. The lowest BCUT2D eigenvalue weighted by molar-refractivity contribution is 1.43. The second-order valence-corrected chi connectivity index (χ2v) is 3.49. The number of aryl methyl sites for hydroxylation is 1. The van der Waals surface area contributed by atoms with Crippen LogP contribution in [0.4, 0.5) is 5.82 Å². The zero-order chi connectivity index (χ0) is 12.3. The molecule has 0 atom stereocenters. The Hall–Kier alpha value is -1.90. The summed E-state index contributed by atoms with van der Waals surface area (Å²) in [5.41, 5.74) is 15.0. The first-order chi connectivity index (χ1) is 7.59. The lowest BCUT2D eigenvalue weighted by atomic mass is 10.1. The molecule has 2 rings (SSSR count). The first-order valence-electron chi connectivity index (χ1n) is 5.42. The molecule has 0 saturated heterocycles. The summed E-state index contributed by atoms with van der Waals surface area (Å²) < 4.78 is 0. The van der Waals surface area contributed by atoms with Crippen LogP contribution in [-0.4, -0.2) is 4.98 Å². The van der Waals surface area contributed by atoms with Gasteiger partial charge in [0.05, 0.1) is 0 Å². The Kier molecular flexibility index (Phi) is 3.61. The summed E-state index contributed by atoms with van der Waals surface area (Å²) in [6, 6.07) is 6.07. The molecule has 1 heterocycles. The lowest BCUT2D eigenvalue weighted by Crippen LogP contribution is -1.97. The summed E-state index contributed by atoms with van der Waals surface area (Å²) in [7, 11) is 0. The molecule has 3 nitrogen and oxygen atoms in total. The second-order valence-electron chi connectivity index (χ2n) is 3.49. The van der Waals surface area contributed by atoms with Gasteiger partial charge >= 0.3 is 0 Å². The SMILES string of the molecule is C=C(N)c1c(N)[nH]c2cc(C)ccc12.CC. The fraction of sp³-hybridized carbons (Fsp3) is 0.231. The van der Waals surface area contributed by atoms with Crippen LogP contribution in [-0.2, 0) is 0 Å². The number of fused-ring (bicyclic) bond motifs is 1. The van der Waals surface area contributed by atoms with Crippen molar-refractivity contribution in [2.45, 2.75) is 20.8 Å². The third-order valence-corrected chi connectivity index (χ3v) is 2.30. The van der Waals surface area contributed by atoms with Gasteiger partial charge in [-0.2, -0.15) is 0 Å². The number of nitrogens with two attached hydrogens (primary N) is 2. The molecule has 0 fully saturated rings. The van der Waals surface area contributed by atoms with Gasteiger partial charge in [-0.1, -0.05) is 32.6 Å². The van der Waals surface area contributed by atoms with Crippen LogP contribution in [0.5, 0.6) is 0 Å². The standard InChI is InChI=1S/C11H13N3.C2H6/c1-6-3-4-8-9(5-6)14-11(13)10(8)7(2)12;1-2/h3-5,14H,2,12-13H2,1H3;1-2H3. The van der Waals surface area contributed by atoms with Crippen LogP contribution < -0.4 is 11.5 Å². The Morgan fingerprint density at radius 3 is 2.50 bits per heavy atom. The van der Waals surface area contributed by atoms with Gasteiger partial charge in [0.1, 0.15) is 5.82 Å². The van der Waals surface area contributed by atoms with Crippen LogP contribution in [0, 0.1) is 6.92 Å². The summed E-state index contributed by atoms with van der Waals surface area (Å²) in [5, 5.41) is 1.03. The molecular weight excluding hydrogens is 198 g/mol. The number of hydrogen-bond acceptors (Lipinski definition) is 2. The predicted molar refractivity (Wildman–Crippen MR) is 72.0 cm³/mol. The van der Waals surface area contributed by atoms with Gasteiger partial charge in [0.25, 0.3) is 0 Å². The molecule has 0 aliphatic heterocycles. The van der Waals surface area contributed by atoms with E-state index in [1.807, 2.05) is 39.0 Å². The second kappa shape index (κ2) is 4.75. The molecule has 0 radical (unpaired) electrons. The average Bonchev–Trinajstić information content (AvgIpc) is 2.56. The van der Waals surface area contributed by atoms with Gasteiger partial charge in [0.2, 0.25) is 0 Å². The van der Waals surface area contributed by atoms with E-state index in [0.29, 0.717) is 11.5 Å². The highest BCUT2D eigenvalue weighted by molar-refractivity contribution is 5.97. The Bertz CT molecular complexity index is 509. The average molecular weight is 217 g/mol. The van der Waals surface area contributed by atoms with Gasteiger partial charge in [-0.3, -0.25) is 0 Å². The number of rotatable bonds is 1. The number of anilines is 1. The number of nitrogens with one attached hydrogen (secondary N) is 1. The Morgan fingerprint density at radius 1 is 1.31 bits per heavy atom. The summed E-state index contributed by atoms with van der Waals surface area (Å²) in [6.07, 6.45) is 0. The molecule has 0 amide bonds. The zero-order valence-corrected chi connectivity index (χ0v) is 10.1. The Labute approximate surface area is 96.1 Å². The van der Waals surface area contributed by atoms with E-state index in [1.54, 1.807) is 0 Å². The van der Waals surface area contributed by atoms with Crippen molar-refractivity contribution in [3.63, 3.8) is 0 Å². The molecular formula is C13H19N3. The van der Waals surface area contributed by atoms with E-state index >= 15 is 0 Å². The van der Waals surface area contributed by atoms with Gasteiger partial charge in [0.15, 0.2) is 0 Å². The van der Waals surface area contributed by atoms with Crippen molar-refractivity contribution in [2.24, 2.45) is 5.73 Å². The maximum atomic E-state index is 5.81. The highest BCUT2D eigenvalue weighted by Gasteiger charge is 2.09. The minimum absolute atomic E-state index is 0.498. The number of hydrogen-bond donors (Lipinski definition) is 3. The number of H-pyrrole nitrogens is 1. The molecule has 0 unspecified atom stereocenters. The van der Waals surface area contributed by atoms with Gasteiger partial charge in [-0.05, 0) is 18.6 Å². The summed E-state index contributed by atoms with van der Waals surface area (Å²) in [6.45, 7) is 9.74. The fourth-order valence-electron chi connectivity index (χ4n) is 1.68. The molecule has 3 heteroatoms. The van der Waals surface area contributed by atoms with Crippen molar-refractivity contribution >= 4 is 22.4 Å². The Morgan fingerprint density at radius 2 is 1.94 bits per heavy atom. The third-order valence-electron chi connectivity index (χ3n) is 2.30. The van der Waals surface area contributed by atoms with Crippen LogP contribution in [0.15, 0.2) is 24.8 Å². The van der Waals surface area contributed by atoms with Crippen LogP contribution in [0.3, 0.4) is 0 Å². The highest BCUT2D eigenvalue weighted by Crippen LogP contribution is 2.27. The van der Waals surface area contributed by atoms with Gasteiger partial charge in [-0.15, -0.1) is 0 Å². The van der Waals surface area contributed by atoms with Crippen LogP contribution in [0.2, 0.25) is 0 Å². The van der Waals surface area contributed by atoms with Gasteiger partial charge in [-0.25, -0.2) is 0 Å². The fourth-order valence-corrected chi connectivity index (χ4v) is 1.68. The molecule has 0 saturated carbocycles. The molecule has 0 aliphatic carbocycles. The Balaban J connectivity index is 0.000000606. The summed E-state index contributed by atoms with van der Waals surface area (Å²) >= 11 is 0. The van der Waals surface area contributed by atoms with Crippen LogP contribution in [0.1, 0.15) is 25.0 Å². The minimum Gasteiger partial charge on any atom is -0.399 e. The first-order valence-corrected chi connectivity index (χ1v) is 5.42. The van der Waals surface area contributed by atoms with Crippen LogP contribution in [0.25, 0.3) is 16.6 Å². The third kappa shape index (κ3) is 2.03. The van der Waals surface area contributed by atoms with E-state index in [9.17, 15) is 0 Å². The van der Waals surface area contributed by atoms with Crippen molar-refractivity contribution in [1.29, 1.82) is 0 Å². The van der Waals surface area contributed by atoms with E-state index in [-0.39, 0.29) is 0 Å². The number of aromatic amines is 1. The first kappa shape index (κ1) is 12.2. The zero-order valence-electron chi connectivity index (χ0n) is 10.1. The van der Waals surface area contributed by atoms with E-state index in [4.69, 9.17) is 11.5 Å². The molecule has 16 heavy (non-hydrogen) atoms. The monoisotopic (exact) mass is 217 g/mol. The molecule has 86 valence electrons. The highest BCUT2D eigenvalue weighted by atomic mass is 14.9. The van der Waals surface area contributed by atoms with E-state index in [1.165, 1.54) is 5.56 Å². The molecule has 2 aromatic rings. The van der Waals surface area contributed by atoms with Crippen molar-refractivity contribution < 1.29 is 0 Å². The van der Waals surface area contributed by atoms with Crippen LogP contribution >= 0.6 is 0 Å². The molecule has 1 aromatic carbocycles. The molecule has 0 spiro atoms. The maximum absolute atomic E-state index is 5.81. The molecule has 0 bridgehead atoms. The van der Waals surface area contributed by atoms with Crippen molar-refractivity contribution in [3.8, 4) is 0 Å². The molecule has 0 aliphatic rings. The van der Waals surface area contributed by atoms with E-state index in [2.05, 4.69) is 11.6 Å². The smallest absolute Gasteiger partial charge is 0.111 e. The van der Waals surface area contributed by atoms with E-state index < -0.39 is 0 Å². The van der Waals surface area contributed by atoms with Crippen molar-refractivity contribution in [3.05, 3.63) is 35.9 Å². The molecule has 1 aromatic heterocycles. The predicted octanol–water partition coefficient (Wildman–Crippen LogP) is 3.01. The van der Waals surface area contributed by atoms with Crippen molar-refractivity contribution in [1.82, 2.24) is 4.98 Å². The maximum Gasteiger partial charge on any atom is 0.111 e. The van der Waals surface area contributed by atoms with Gasteiger partial charge in [0, 0.05) is 22.2 Å². The summed E-state index contributed by atoms with van der Waals surface area (Å²) in [4.78, 5) is 3.09. The number of aromatic nitrogens is 1. The summed E-state index contributed by atoms with van der Waals surface area (Å²) in [5.74, 6) is 0.582. The van der Waals surface area contributed by atoms with Crippen molar-refractivity contribution in [2.75, 3.05) is 5.73 Å². The normalized spacial score (nSPS) is 9.69. The largest absolute Gasteiger partial charge is 0.399 e. The number of nitrogen functional groups attached to an aromatic ring is 1. The lowest BCUT2D eigenvalue weighted by Gasteiger charge is -1.98. The topological polar surface area (TPSA) is 67.8 Å². The minimum atomic E-state index is 0.498. The van der Waals surface area contributed by atoms with Gasteiger partial charge < -0.3 is 16.5 Å². The quantitative estimate of drug-likeness (QED) is 0.687. The van der Waals surface area contributed by atoms with E-state index in [0.717, 1.165) is 16.5 Å².